The second kappa shape index (κ2) is 5.59. The Labute approximate surface area is 145 Å². The fourth-order valence-corrected chi connectivity index (χ4v) is 3.82. The number of rotatable bonds is 3. The number of hydrogen-bond acceptors (Lipinski definition) is 4. The molecule has 0 amide bonds. The lowest BCUT2D eigenvalue weighted by Crippen LogP contribution is -2.13. The Morgan fingerprint density at radius 2 is 1.48 bits per heavy atom. The molecular formula is C21H18O4. The normalized spacial score (nSPS) is 19.8. The maximum atomic E-state index is 12.2. The third-order valence-corrected chi connectivity index (χ3v) is 4.81. The number of benzene rings is 2. The molecule has 0 saturated heterocycles. The van der Waals surface area contributed by atoms with Crippen molar-refractivity contribution in [2.75, 3.05) is 0 Å². The molecule has 0 fully saturated rings. The number of carbonyl (C=O) groups excluding carboxylic acids is 2. The van der Waals surface area contributed by atoms with Crippen molar-refractivity contribution in [1.29, 1.82) is 0 Å². The lowest BCUT2D eigenvalue weighted by molar-refractivity contribution is -0.132. The molecule has 2 aromatic rings. The van der Waals surface area contributed by atoms with Crippen LogP contribution in [0.5, 0.6) is 11.5 Å². The molecule has 2 bridgehead atoms. The third kappa shape index (κ3) is 2.37. The zero-order chi connectivity index (χ0) is 17.7. The van der Waals surface area contributed by atoms with Crippen molar-refractivity contribution in [3.63, 3.8) is 0 Å². The van der Waals surface area contributed by atoms with Gasteiger partial charge in [0, 0.05) is 46.2 Å². The van der Waals surface area contributed by atoms with E-state index in [-0.39, 0.29) is 17.8 Å². The Hall–Kier alpha value is -2.88. The molecule has 0 radical (unpaired) electrons. The monoisotopic (exact) mass is 334 g/mol. The molecule has 4 nitrogen and oxygen atoms in total. The number of hydrogen-bond donors (Lipinski definition) is 0. The van der Waals surface area contributed by atoms with Crippen LogP contribution in [0.4, 0.5) is 0 Å². The van der Waals surface area contributed by atoms with Gasteiger partial charge in [-0.1, -0.05) is 43.0 Å². The Bertz CT molecular complexity index is 968. The van der Waals surface area contributed by atoms with Crippen LogP contribution in [-0.2, 0) is 9.59 Å². The van der Waals surface area contributed by atoms with Crippen LogP contribution in [0.2, 0.25) is 0 Å². The summed E-state index contributed by atoms with van der Waals surface area (Å²) in [5, 5.41) is 1.55. The zero-order valence-corrected chi connectivity index (χ0v) is 14.2. The topological polar surface area (TPSA) is 52.6 Å². The lowest BCUT2D eigenvalue weighted by Gasteiger charge is -2.21. The zero-order valence-electron chi connectivity index (χ0n) is 14.2. The van der Waals surface area contributed by atoms with E-state index in [1.165, 1.54) is 6.92 Å². The first-order valence-corrected chi connectivity index (χ1v) is 8.30. The molecule has 25 heavy (non-hydrogen) atoms. The maximum Gasteiger partial charge on any atom is 0.338 e. The summed E-state index contributed by atoms with van der Waals surface area (Å²) in [6, 6.07) is 7.55. The van der Waals surface area contributed by atoms with Crippen LogP contribution in [0.25, 0.3) is 10.8 Å². The summed E-state index contributed by atoms with van der Waals surface area (Å²) in [5.41, 5.74) is 2.27. The van der Waals surface area contributed by atoms with Crippen LogP contribution in [0.1, 0.15) is 43.2 Å². The molecule has 0 aliphatic heterocycles. The van der Waals surface area contributed by atoms with Crippen molar-refractivity contribution in [2.24, 2.45) is 0 Å². The highest BCUT2D eigenvalue weighted by molar-refractivity contribution is 6.01. The second-order valence-corrected chi connectivity index (χ2v) is 6.63. The van der Waals surface area contributed by atoms with Gasteiger partial charge in [-0.25, -0.2) is 4.79 Å². The maximum absolute atomic E-state index is 12.2. The first-order chi connectivity index (χ1) is 12.0. The highest BCUT2D eigenvalue weighted by Crippen LogP contribution is 2.58. The quantitative estimate of drug-likeness (QED) is 0.362. The fraction of sp³-hybridized carbons (Fsp3) is 0.238. The highest BCUT2D eigenvalue weighted by atomic mass is 16.5. The van der Waals surface area contributed by atoms with E-state index >= 15 is 0 Å². The van der Waals surface area contributed by atoms with Crippen LogP contribution >= 0.6 is 0 Å². The van der Waals surface area contributed by atoms with Crippen LogP contribution in [-0.4, -0.2) is 11.9 Å². The second-order valence-electron chi connectivity index (χ2n) is 6.63. The van der Waals surface area contributed by atoms with E-state index in [0.29, 0.717) is 17.1 Å². The molecule has 0 aromatic heterocycles. The SMILES string of the molecule is C=C(C)C(=O)Oc1c2c(c(OC(C)=O)c3ccccc13)C1C=CC2C1. The summed E-state index contributed by atoms with van der Waals surface area (Å²) < 4.78 is 11.3. The van der Waals surface area contributed by atoms with Crippen molar-refractivity contribution in [3.8, 4) is 11.5 Å². The fourth-order valence-electron chi connectivity index (χ4n) is 3.82. The number of ether oxygens (including phenoxy) is 2. The molecule has 2 unspecified atom stereocenters. The van der Waals surface area contributed by atoms with E-state index in [9.17, 15) is 9.59 Å². The van der Waals surface area contributed by atoms with E-state index in [2.05, 4.69) is 18.7 Å². The summed E-state index contributed by atoms with van der Waals surface area (Å²) in [7, 11) is 0. The van der Waals surface area contributed by atoms with Gasteiger partial charge in [0.15, 0.2) is 0 Å². The van der Waals surface area contributed by atoms with E-state index < -0.39 is 5.97 Å². The largest absolute Gasteiger partial charge is 0.426 e. The summed E-state index contributed by atoms with van der Waals surface area (Å²) in [6.45, 7) is 6.70. The molecule has 0 spiro atoms. The highest BCUT2D eigenvalue weighted by Gasteiger charge is 2.40. The summed E-state index contributed by atoms with van der Waals surface area (Å²) in [4.78, 5) is 23.9. The van der Waals surface area contributed by atoms with Crippen LogP contribution in [0.15, 0.2) is 48.6 Å². The third-order valence-electron chi connectivity index (χ3n) is 4.81. The Morgan fingerprint density at radius 1 is 0.960 bits per heavy atom. The van der Waals surface area contributed by atoms with Crippen molar-refractivity contribution >= 4 is 22.7 Å². The van der Waals surface area contributed by atoms with Gasteiger partial charge >= 0.3 is 11.9 Å². The van der Waals surface area contributed by atoms with Gasteiger partial charge in [-0.3, -0.25) is 4.79 Å². The van der Waals surface area contributed by atoms with E-state index in [1.807, 2.05) is 24.3 Å². The van der Waals surface area contributed by atoms with Crippen molar-refractivity contribution in [3.05, 3.63) is 59.7 Å². The molecule has 2 aliphatic carbocycles. The van der Waals surface area contributed by atoms with Gasteiger partial charge in [0.25, 0.3) is 0 Å². The summed E-state index contributed by atoms with van der Waals surface area (Å²) >= 11 is 0. The summed E-state index contributed by atoms with van der Waals surface area (Å²) in [6.07, 6.45) is 5.19. The number of fused-ring (bicyclic) bond motifs is 6. The van der Waals surface area contributed by atoms with Gasteiger partial charge in [0.1, 0.15) is 11.5 Å². The van der Waals surface area contributed by atoms with Crippen LogP contribution < -0.4 is 9.47 Å². The van der Waals surface area contributed by atoms with Crippen molar-refractivity contribution in [1.82, 2.24) is 0 Å². The Balaban J connectivity index is 2.03. The minimum atomic E-state index is -0.445. The first kappa shape index (κ1) is 15.6. The molecule has 4 heteroatoms. The molecule has 2 aliphatic rings. The minimum absolute atomic E-state index is 0.173. The molecule has 0 saturated carbocycles. The molecule has 0 heterocycles. The van der Waals surface area contributed by atoms with Crippen LogP contribution in [0.3, 0.4) is 0 Å². The predicted molar refractivity (Wildman–Crippen MR) is 94.9 cm³/mol. The standard InChI is InChI=1S/C21H18O4/c1-11(2)21(23)25-20-16-7-5-4-6-15(16)19(24-12(3)22)17-13-8-9-14(10-13)18(17)20/h4-9,13-14H,1,10H2,2-3H3. The number of allylic oxidation sites excluding steroid dienone is 2. The molecule has 2 atom stereocenters. The molecule has 4 rings (SSSR count). The Kier molecular flexibility index (Phi) is 3.49. The van der Waals surface area contributed by atoms with Crippen molar-refractivity contribution < 1.29 is 19.1 Å². The number of carbonyl (C=O) groups is 2. The van der Waals surface area contributed by atoms with E-state index in [4.69, 9.17) is 9.47 Å². The van der Waals surface area contributed by atoms with Crippen molar-refractivity contribution in [2.45, 2.75) is 32.1 Å². The van der Waals surface area contributed by atoms with Gasteiger partial charge in [-0.2, -0.15) is 0 Å². The van der Waals surface area contributed by atoms with Gasteiger partial charge in [-0.05, 0) is 13.3 Å². The Morgan fingerprint density at radius 3 is 1.96 bits per heavy atom. The van der Waals surface area contributed by atoms with Gasteiger partial charge in [-0.15, -0.1) is 0 Å². The smallest absolute Gasteiger partial charge is 0.338 e. The van der Waals surface area contributed by atoms with Crippen LogP contribution in [0, 0.1) is 0 Å². The molecule has 126 valence electrons. The van der Waals surface area contributed by atoms with E-state index in [0.717, 1.165) is 28.3 Å². The lowest BCUT2D eigenvalue weighted by atomic mass is 9.90. The average molecular weight is 334 g/mol. The van der Waals surface area contributed by atoms with E-state index in [1.54, 1.807) is 6.92 Å². The summed E-state index contributed by atoms with van der Waals surface area (Å²) in [5.74, 6) is 0.703. The van der Waals surface area contributed by atoms with Gasteiger partial charge in [0.05, 0.1) is 0 Å². The molecular weight excluding hydrogens is 316 g/mol. The average Bonchev–Trinajstić information content (AvgIpc) is 3.18. The molecule has 2 aromatic carbocycles. The predicted octanol–water partition coefficient (Wildman–Crippen LogP) is 4.39. The van der Waals surface area contributed by atoms with Gasteiger partial charge < -0.3 is 9.47 Å². The first-order valence-electron chi connectivity index (χ1n) is 8.30. The van der Waals surface area contributed by atoms with Gasteiger partial charge in [0.2, 0.25) is 0 Å². The number of esters is 2. The minimum Gasteiger partial charge on any atom is -0.426 e. The molecule has 0 N–H and O–H groups in total.